The number of likely N-dealkylation sites (tertiary alicyclic amines) is 1. The predicted molar refractivity (Wildman–Crippen MR) is 79.9 cm³/mol. The molecule has 0 amide bonds. The van der Waals surface area contributed by atoms with Gasteiger partial charge in [0.05, 0.1) is 7.11 Å². The van der Waals surface area contributed by atoms with Gasteiger partial charge in [-0.25, -0.2) is 0 Å². The van der Waals surface area contributed by atoms with Crippen LogP contribution in [-0.4, -0.2) is 43.1 Å². The third kappa shape index (κ3) is 2.29. The molecule has 118 valence electrons. The van der Waals surface area contributed by atoms with Gasteiger partial charge < -0.3 is 9.47 Å². The third-order valence-corrected chi connectivity index (χ3v) is 4.99. The Morgan fingerprint density at radius 1 is 1.36 bits per heavy atom. The van der Waals surface area contributed by atoms with Gasteiger partial charge in [-0.2, -0.15) is 0 Å². The summed E-state index contributed by atoms with van der Waals surface area (Å²) in [5.41, 5.74) is 0.561. The first-order valence-corrected chi connectivity index (χ1v) is 7.52. The summed E-state index contributed by atoms with van der Waals surface area (Å²) in [6.07, 6.45) is 0.697. The van der Waals surface area contributed by atoms with E-state index in [0.29, 0.717) is 13.0 Å². The molecule has 2 saturated heterocycles. The number of piperidine rings is 1. The third-order valence-electron chi connectivity index (χ3n) is 4.99. The van der Waals surface area contributed by atoms with Gasteiger partial charge >= 0.3 is 11.9 Å². The second-order valence-corrected chi connectivity index (χ2v) is 6.42. The molecule has 2 aliphatic rings. The normalized spacial score (nSPS) is 34.9. The number of nitrogens with zero attached hydrogens (tertiary/aromatic N) is 1. The van der Waals surface area contributed by atoms with Gasteiger partial charge in [0, 0.05) is 18.5 Å². The molecular weight excluding hydrogens is 282 g/mol. The molecule has 0 saturated carbocycles. The molecule has 0 spiro atoms. The maximum Gasteiger partial charge on any atom is 0.321 e. The Balaban J connectivity index is 1.92. The van der Waals surface area contributed by atoms with Crippen molar-refractivity contribution in [1.29, 1.82) is 0 Å². The minimum absolute atomic E-state index is 0.158. The molecule has 4 atom stereocenters. The van der Waals surface area contributed by atoms with Crippen molar-refractivity contribution >= 4 is 11.9 Å². The van der Waals surface area contributed by atoms with Crippen molar-refractivity contribution in [1.82, 2.24) is 4.90 Å². The standard InChI is InChI=1S/C17H21NO4/c1-17-10-18(2)13(11-7-5-4-6-8-11)9-12(17)14(15(19)21-3)16(20)22-17/h4-8,12-14H,9-10H2,1-3H3. The summed E-state index contributed by atoms with van der Waals surface area (Å²) < 4.78 is 10.4. The topological polar surface area (TPSA) is 55.8 Å². The highest BCUT2D eigenvalue weighted by Gasteiger charge is 2.59. The van der Waals surface area contributed by atoms with E-state index in [-0.39, 0.29) is 12.0 Å². The van der Waals surface area contributed by atoms with Gasteiger partial charge in [-0.1, -0.05) is 30.3 Å². The van der Waals surface area contributed by atoms with Gasteiger partial charge in [0.25, 0.3) is 0 Å². The van der Waals surface area contributed by atoms with E-state index >= 15 is 0 Å². The molecule has 1 aromatic carbocycles. The fraction of sp³-hybridized carbons (Fsp3) is 0.529. The molecule has 5 heteroatoms. The van der Waals surface area contributed by atoms with Crippen LogP contribution in [0.3, 0.4) is 0 Å². The van der Waals surface area contributed by atoms with Crippen LogP contribution in [0, 0.1) is 11.8 Å². The minimum Gasteiger partial charge on any atom is -0.468 e. The number of ether oxygens (including phenoxy) is 2. The zero-order chi connectivity index (χ0) is 15.9. The zero-order valence-corrected chi connectivity index (χ0v) is 13.1. The smallest absolute Gasteiger partial charge is 0.321 e. The molecule has 0 N–H and O–H groups in total. The molecular formula is C17H21NO4. The van der Waals surface area contributed by atoms with E-state index in [1.807, 2.05) is 32.2 Å². The van der Waals surface area contributed by atoms with Crippen LogP contribution in [-0.2, 0) is 19.1 Å². The van der Waals surface area contributed by atoms with Crippen LogP contribution in [0.15, 0.2) is 30.3 Å². The van der Waals surface area contributed by atoms with Crippen molar-refractivity contribution in [2.24, 2.45) is 11.8 Å². The van der Waals surface area contributed by atoms with E-state index in [0.717, 1.165) is 0 Å². The first-order valence-electron chi connectivity index (χ1n) is 7.52. The van der Waals surface area contributed by atoms with Gasteiger partial charge in [-0.15, -0.1) is 0 Å². The molecule has 3 rings (SSSR count). The van der Waals surface area contributed by atoms with Gasteiger partial charge in [0.15, 0.2) is 5.92 Å². The number of carbonyl (C=O) groups excluding carboxylic acids is 2. The van der Waals surface area contributed by atoms with E-state index in [9.17, 15) is 9.59 Å². The van der Waals surface area contributed by atoms with Crippen molar-refractivity contribution in [2.45, 2.75) is 25.0 Å². The van der Waals surface area contributed by atoms with Gasteiger partial charge in [-0.3, -0.25) is 14.5 Å². The SMILES string of the molecule is COC(=O)C1C(=O)OC2(C)CN(C)C(c3ccccc3)CC12. The van der Waals surface area contributed by atoms with Crippen LogP contribution in [0.5, 0.6) is 0 Å². The lowest BCUT2D eigenvalue weighted by Gasteiger charge is -2.44. The highest BCUT2D eigenvalue weighted by atomic mass is 16.6. The minimum atomic E-state index is -0.810. The van der Waals surface area contributed by atoms with Crippen LogP contribution in [0.4, 0.5) is 0 Å². The first kappa shape index (κ1) is 15.0. The van der Waals surface area contributed by atoms with E-state index in [1.54, 1.807) is 0 Å². The van der Waals surface area contributed by atoms with E-state index in [4.69, 9.17) is 9.47 Å². The summed E-state index contributed by atoms with van der Waals surface area (Å²) in [7, 11) is 3.34. The summed E-state index contributed by atoms with van der Waals surface area (Å²) in [6, 6.07) is 10.3. The second kappa shape index (κ2) is 5.39. The van der Waals surface area contributed by atoms with Crippen LogP contribution in [0.25, 0.3) is 0 Å². The molecule has 1 aromatic rings. The second-order valence-electron chi connectivity index (χ2n) is 6.42. The Hall–Kier alpha value is -1.88. The number of carbonyl (C=O) groups is 2. The lowest BCUT2D eigenvalue weighted by Crippen LogP contribution is -2.51. The fourth-order valence-corrected chi connectivity index (χ4v) is 3.90. The number of fused-ring (bicyclic) bond motifs is 1. The Morgan fingerprint density at radius 3 is 2.68 bits per heavy atom. The van der Waals surface area contributed by atoms with Crippen molar-refractivity contribution in [3.05, 3.63) is 35.9 Å². The molecule has 0 bridgehead atoms. The Kier molecular flexibility index (Phi) is 3.68. The number of methoxy groups -OCH3 is 1. The molecule has 5 nitrogen and oxygen atoms in total. The van der Waals surface area contributed by atoms with Crippen molar-refractivity contribution in [3.8, 4) is 0 Å². The fourth-order valence-electron chi connectivity index (χ4n) is 3.90. The molecule has 0 radical (unpaired) electrons. The first-order chi connectivity index (χ1) is 10.5. The van der Waals surface area contributed by atoms with Crippen molar-refractivity contribution in [3.63, 3.8) is 0 Å². The molecule has 2 heterocycles. The monoisotopic (exact) mass is 303 g/mol. The van der Waals surface area contributed by atoms with Crippen LogP contribution < -0.4 is 0 Å². The summed E-state index contributed by atoms with van der Waals surface area (Å²) >= 11 is 0. The van der Waals surface area contributed by atoms with Crippen LogP contribution in [0.1, 0.15) is 24.9 Å². The van der Waals surface area contributed by atoms with E-state index in [1.165, 1.54) is 12.7 Å². The highest BCUT2D eigenvalue weighted by molar-refractivity contribution is 5.97. The summed E-state index contributed by atoms with van der Waals surface area (Å²) in [5, 5.41) is 0. The Bertz CT molecular complexity index is 588. The predicted octanol–water partition coefficient (Wildman–Crippen LogP) is 1.78. The van der Waals surface area contributed by atoms with Crippen molar-refractivity contribution in [2.75, 3.05) is 20.7 Å². The Morgan fingerprint density at radius 2 is 2.05 bits per heavy atom. The number of esters is 2. The van der Waals surface area contributed by atoms with Gasteiger partial charge in [0.1, 0.15) is 5.60 Å². The number of benzene rings is 1. The van der Waals surface area contributed by atoms with E-state index in [2.05, 4.69) is 17.0 Å². The van der Waals surface area contributed by atoms with Gasteiger partial charge in [0.2, 0.25) is 0 Å². The lowest BCUT2D eigenvalue weighted by atomic mass is 9.73. The average Bonchev–Trinajstić information content (AvgIpc) is 2.75. The summed E-state index contributed by atoms with van der Waals surface area (Å²) in [5.74, 6) is -1.92. The molecule has 0 aromatic heterocycles. The summed E-state index contributed by atoms with van der Waals surface area (Å²) in [4.78, 5) is 26.4. The number of hydrogen-bond acceptors (Lipinski definition) is 5. The zero-order valence-electron chi connectivity index (χ0n) is 13.1. The van der Waals surface area contributed by atoms with Crippen LogP contribution >= 0.6 is 0 Å². The number of hydrogen-bond donors (Lipinski definition) is 0. The quantitative estimate of drug-likeness (QED) is 0.616. The molecule has 4 unspecified atom stereocenters. The molecule has 22 heavy (non-hydrogen) atoms. The summed E-state index contributed by atoms with van der Waals surface area (Å²) in [6.45, 7) is 2.52. The van der Waals surface area contributed by atoms with Crippen molar-refractivity contribution < 1.29 is 19.1 Å². The maximum absolute atomic E-state index is 12.2. The lowest BCUT2D eigenvalue weighted by molar-refractivity contribution is -0.157. The molecule has 2 aliphatic heterocycles. The average molecular weight is 303 g/mol. The number of likely N-dealkylation sites (N-methyl/N-ethyl adjacent to an activating group) is 1. The van der Waals surface area contributed by atoms with Gasteiger partial charge in [-0.05, 0) is 26.0 Å². The highest BCUT2D eigenvalue weighted by Crippen LogP contribution is 2.48. The van der Waals surface area contributed by atoms with Crippen LogP contribution in [0.2, 0.25) is 0 Å². The molecule has 2 fully saturated rings. The maximum atomic E-state index is 12.2. The molecule has 0 aliphatic carbocycles. The Labute approximate surface area is 130 Å². The van der Waals surface area contributed by atoms with E-state index < -0.39 is 23.5 Å². The number of rotatable bonds is 2. The largest absolute Gasteiger partial charge is 0.468 e.